The monoisotopic (exact) mass is 453 g/mol. The van der Waals surface area contributed by atoms with Gasteiger partial charge in [0.2, 0.25) is 5.91 Å². The quantitative estimate of drug-likeness (QED) is 0.493. The molecule has 6 heteroatoms. The summed E-state index contributed by atoms with van der Waals surface area (Å²) in [4.78, 5) is 29.0. The maximum Gasteiger partial charge on any atom is 0.251 e. The molecule has 2 N–H and O–H groups in total. The van der Waals surface area contributed by atoms with E-state index in [2.05, 4.69) is 53.6 Å². The third kappa shape index (κ3) is 7.10. The molecular weight excluding hydrogens is 418 g/mol. The highest BCUT2D eigenvalue weighted by Gasteiger charge is 2.20. The largest absolute Gasteiger partial charge is 0.352 e. The summed E-state index contributed by atoms with van der Waals surface area (Å²) >= 11 is 1.57. The van der Waals surface area contributed by atoms with E-state index in [-0.39, 0.29) is 11.8 Å². The molecule has 0 aliphatic carbocycles. The average Bonchev–Trinajstić information content (AvgIpc) is 2.79. The van der Waals surface area contributed by atoms with Crippen LogP contribution >= 0.6 is 11.8 Å². The Labute approximate surface area is 196 Å². The zero-order chi connectivity index (χ0) is 22.9. The van der Waals surface area contributed by atoms with Gasteiger partial charge in [-0.15, -0.1) is 0 Å². The lowest BCUT2D eigenvalue weighted by molar-refractivity contribution is -0.114. The van der Waals surface area contributed by atoms with Gasteiger partial charge in [0, 0.05) is 41.4 Å². The summed E-state index contributed by atoms with van der Waals surface area (Å²) in [5.74, 6) is -0.255. The molecule has 1 aliphatic heterocycles. The molecular formula is C26H35N3O2S. The predicted octanol–water partition coefficient (Wildman–Crippen LogP) is 5.49. The highest BCUT2D eigenvalue weighted by atomic mass is 32.2. The van der Waals surface area contributed by atoms with Gasteiger partial charge in [0.1, 0.15) is 0 Å². The molecule has 5 nitrogen and oxygen atoms in total. The molecule has 0 aromatic heterocycles. The molecule has 1 unspecified atom stereocenters. The summed E-state index contributed by atoms with van der Waals surface area (Å²) in [7, 11) is 0. The summed E-state index contributed by atoms with van der Waals surface area (Å²) in [6.45, 7) is 8.66. The van der Waals surface area contributed by atoms with Crippen LogP contribution in [-0.2, 0) is 4.79 Å². The Kier molecular flexibility index (Phi) is 9.18. The Bertz CT molecular complexity index is 914. The van der Waals surface area contributed by atoms with Crippen molar-refractivity contribution in [1.29, 1.82) is 0 Å². The Morgan fingerprint density at radius 3 is 2.62 bits per heavy atom. The van der Waals surface area contributed by atoms with E-state index in [1.807, 2.05) is 12.1 Å². The van der Waals surface area contributed by atoms with Gasteiger partial charge in [-0.1, -0.05) is 42.8 Å². The maximum atomic E-state index is 12.7. The molecule has 1 atom stereocenters. The summed E-state index contributed by atoms with van der Waals surface area (Å²) in [6, 6.07) is 14.4. The molecule has 0 bridgehead atoms. The molecule has 0 saturated carbocycles. The number of anilines is 1. The lowest BCUT2D eigenvalue weighted by Crippen LogP contribution is -2.40. The minimum absolute atomic E-state index is 0.103. The van der Waals surface area contributed by atoms with Crippen LogP contribution in [0.15, 0.2) is 52.3 Å². The molecule has 0 radical (unpaired) electrons. The lowest BCUT2D eigenvalue weighted by Gasteiger charge is -2.35. The van der Waals surface area contributed by atoms with E-state index in [0.29, 0.717) is 23.8 Å². The number of likely N-dealkylation sites (tertiary alicyclic amines) is 1. The van der Waals surface area contributed by atoms with Gasteiger partial charge in [-0.25, -0.2) is 0 Å². The van der Waals surface area contributed by atoms with Gasteiger partial charge in [0.05, 0.1) is 5.69 Å². The number of hydrogen-bond acceptors (Lipinski definition) is 4. The van der Waals surface area contributed by atoms with Crippen molar-refractivity contribution >= 4 is 29.3 Å². The fourth-order valence-electron chi connectivity index (χ4n) is 4.18. The molecule has 1 saturated heterocycles. The van der Waals surface area contributed by atoms with Crippen molar-refractivity contribution in [2.24, 2.45) is 0 Å². The van der Waals surface area contributed by atoms with Gasteiger partial charge in [0.15, 0.2) is 0 Å². The number of piperidine rings is 1. The van der Waals surface area contributed by atoms with Crippen LogP contribution in [-0.4, -0.2) is 42.4 Å². The van der Waals surface area contributed by atoms with Crippen molar-refractivity contribution in [2.75, 3.05) is 25.0 Å². The minimum atomic E-state index is -0.152. The second kappa shape index (κ2) is 12.1. The first-order valence-electron chi connectivity index (χ1n) is 11.6. The average molecular weight is 454 g/mol. The first kappa shape index (κ1) is 24.3. The number of amides is 2. The molecule has 2 aromatic rings. The molecule has 2 aromatic carbocycles. The number of carbonyl (C=O) groups excluding carboxylic acids is 2. The van der Waals surface area contributed by atoms with Crippen LogP contribution in [0.5, 0.6) is 0 Å². The zero-order valence-corrected chi connectivity index (χ0v) is 20.3. The van der Waals surface area contributed by atoms with Crippen LogP contribution in [0.2, 0.25) is 0 Å². The number of hydrogen-bond donors (Lipinski definition) is 2. The third-order valence-electron chi connectivity index (χ3n) is 5.93. The number of aryl methyl sites for hydroxylation is 1. The van der Waals surface area contributed by atoms with Gasteiger partial charge in [-0.05, 0) is 69.5 Å². The van der Waals surface area contributed by atoms with E-state index >= 15 is 0 Å². The Morgan fingerprint density at radius 1 is 1.12 bits per heavy atom. The zero-order valence-electron chi connectivity index (χ0n) is 19.4. The molecule has 3 rings (SSSR count). The molecule has 1 fully saturated rings. The Balaban J connectivity index is 1.59. The SMILES string of the molecule is CCC1CCCCN1CCCNC(=O)c1ccc(Sc2ccc(C)cc2)c(NC(C)=O)c1. The van der Waals surface area contributed by atoms with Crippen molar-refractivity contribution < 1.29 is 9.59 Å². The fraction of sp³-hybridized carbons (Fsp3) is 0.462. The first-order valence-corrected chi connectivity index (χ1v) is 12.5. The summed E-state index contributed by atoms with van der Waals surface area (Å²) in [5.41, 5.74) is 2.43. The number of rotatable bonds is 9. The topological polar surface area (TPSA) is 61.4 Å². The first-order chi connectivity index (χ1) is 15.5. The van der Waals surface area contributed by atoms with Crippen molar-refractivity contribution in [2.45, 2.75) is 68.7 Å². The van der Waals surface area contributed by atoms with Crippen LogP contribution in [0.25, 0.3) is 0 Å². The summed E-state index contributed by atoms with van der Waals surface area (Å²) in [6.07, 6.45) is 6.05. The minimum Gasteiger partial charge on any atom is -0.352 e. The second-order valence-corrected chi connectivity index (χ2v) is 9.63. The van der Waals surface area contributed by atoms with Gasteiger partial charge in [-0.2, -0.15) is 0 Å². The number of nitrogens with zero attached hydrogens (tertiary/aromatic N) is 1. The molecule has 32 heavy (non-hydrogen) atoms. The molecule has 0 spiro atoms. The van der Waals surface area contributed by atoms with Crippen molar-refractivity contribution in [1.82, 2.24) is 10.2 Å². The van der Waals surface area contributed by atoms with Crippen LogP contribution < -0.4 is 10.6 Å². The van der Waals surface area contributed by atoms with Crippen LogP contribution in [0, 0.1) is 6.92 Å². The van der Waals surface area contributed by atoms with Gasteiger partial charge >= 0.3 is 0 Å². The number of nitrogens with one attached hydrogen (secondary N) is 2. The van der Waals surface area contributed by atoms with Gasteiger partial charge in [-0.3, -0.25) is 9.59 Å². The second-order valence-electron chi connectivity index (χ2n) is 8.51. The summed E-state index contributed by atoms with van der Waals surface area (Å²) in [5, 5.41) is 5.92. The molecule has 1 heterocycles. The highest BCUT2D eigenvalue weighted by molar-refractivity contribution is 7.99. The van der Waals surface area contributed by atoms with Gasteiger partial charge in [0.25, 0.3) is 5.91 Å². The van der Waals surface area contributed by atoms with E-state index in [1.165, 1.54) is 44.7 Å². The Hall–Kier alpha value is -2.31. The highest BCUT2D eigenvalue weighted by Crippen LogP contribution is 2.34. The van der Waals surface area contributed by atoms with E-state index in [1.54, 1.807) is 17.8 Å². The van der Waals surface area contributed by atoms with Gasteiger partial charge < -0.3 is 15.5 Å². The van der Waals surface area contributed by atoms with Crippen LogP contribution in [0.4, 0.5) is 5.69 Å². The Morgan fingerprint density at radius 2 is 1.91 bits per heavy atom. The normalized spacial score (nSPS) is 16.5. The fourth-order valence-corrected chi connectivity index (χ4v) is 5.07. The predicted molar refractivity (Wildman–Crippen MR) is 133 cm³/mol. The van der Waals surface area contributed by atoms with Crippen molar-refractivity contribution in [3.8, 4) is 0 Å². The van der Waals surface area contributed by atoms with E-state index < -0.39 is 0 Å². The lowest BCUT2D eigenvalue weighted by atomic mass is 10.00. The van der Waals surface area contributed by atoms with E-state index in [4.69, 9.17) is 0 Å². The van der Waals surface area contributed by atoms with E-state index in [0.717, 1.165) is 22.8 Å². The molecule has 1 aliphatic rings. The number of carbonyl (C=O) groups is 2. The maximum absolute atomic E-state index is 12.7. The smallest absolute Gasteiger partial charge is 0.251 e. The van der Waals surface area contributed by atoms with Crippen molar-refractivity contribution in [3.63, 3.8) is 0 Å². The molecule has 2 amide bonds. The van der Waals surface area contributed by atoms with Crippen LogP contribution in [0.3, 0.4) is 0 Å². The van der Waals surface area contributed by atoms with Crippen molar-refractivity contribution in [3.05, 3.63) is 53.6 Å². The molecule has 172 valence electrons. The van der Waals surface area contributed by atoms with Crippen LogP contribution in [0.1, 0.15) is 61.9 Å². The number of benzene rings is 2. The van der Waals surface area contributed by atoms with E-state index in [9.17, 15) is 9.59 Å². The standard InChI is InChI=1S/C26H35N3O2S/c1-4-22-8-5-6-16-29(22)17-7-15-27-26(31)21-11-14-25(24(18-21)28-20(3)30)32-23-12-9-19(2)10-13-23/h9-14,18,22H,4-8,15-17H2,1-3H3,(H,27,31)(H,28,30). The third-order valence-corrected chi connectivity index (χ3v) is 7.01. The summed E-state index contributed by atoms with van der Waals surface area (Å²) < 4.78 is 0.